The second-order valence-electron chi connectivity index (χ2n) is 6.33. The van der Waals surface area contributed by atoms with Crippen LogP contribution in [0, 0.1) is 0 Å². The van der Waals surface area contributed by atoms with E-state index in [9.17, 15) is 14.7 Å². The largest absolute Gasteiger partial charge is 0.465 e. The minimum absolute atomic E-state index is 0.153. The molecule has 0 spiro atoms. The highest BCUT2D eigenvalue weighted by Crippen LogP contribution is 2.19. The van der Waals surface area contributed by atoms with E-state index in [1.165, 1.54) is 11.0 Å². The number of hydrogen-bond acceptors (Lipinski definition) is 3. The molecule has 0 aliphatic heterocycles. The van der Waals surface area contributed by atoms with Crippen molar-refractivity contribution in [2.75, 3.05) is 11.4 Å². The highest BCUT2D eigenvalue weighted by atomic mass is 79.9. The molecule has 144 valence electrons. The molecular formula is C21H20BrN3O3. The second-order valence-corrected chi connectivity index (χ2v) is 7.25. The van der Waals surface area contributed by atoms with Crippen molar-refractivity contribution in [3.05, 3.63) is 86.7 Å². The summed E-state index contributed by atoms with van der Waals surface area (Å²) in [5.41, 5.74) is 2.51. The summed E-state index contributed by atoms with van der Waals surface area (Å²) >= 11 is 3.44. The van der Waals surface area contributed by atoms with Crippen LogP contribution in [0.3, 0.4) is 0 Å². The summed E-state index contributed by atoms with van der Waals surface area (Å²) < 4.78 is 2.58. The number of amides is 1. The summed E-state index contributed by atoms with van der Waals surface area (Å²) in [6.45, 7) is 2.34. The van der Waals surface area contributed by atoms with Crippen LogP contribution in [0.15, 0.2) is 70.1 Å². The lowest BCUT2D eigenvalue weighted by Gasteiger charge is -2.19. The molecule has 0 aliphatic carbocycles. The van der Waals surface area contributed by atoms with Crippen molar-refractivity contribution in [2.24, 2.45) is 0 Å². The zero-order chi connectivity index (χ0) is 20.1. The molecule has 0 radical (unpaired) electrons. The van der Waals surface area contributed by atoms with Gasteiger partial charge in [0.2, 0.25) is 5.43 Å². The van der Waals surface area contributed by atoms with Gasteiger partial charge in [-0.1, -0.05) is 41.1 Å². The zero-order valence-electron chi connectivity index (χ0n) is 15.4. The van der Waals surface area contributed by atoms with Crippen LogP contribution >= 0.6 is 15.9 Å². The molecule has 0 aliphatic rings. The SMILES string of the molecule is CCCN(C(=O)O)c1cccc(Cc2nn(-c3cccc(Br)c3)ccc2=O)c1. The van der Waals surface area contributed by atoms with E-state index in [-0.39, 0.29) is 5.43 Å². The first-order valence-electron chi connectivity index (χ1n) is 8.92. The first-order chi connectivity index (χ1) is 13.5. The van der Waals surface area contributed by atoms with E-state index >= 15 is 0 Å². The number of halogens is 1. The summed E-state index contributed by atoms with van der Waals surface area (Å²) in [5, 5.41) is 13.9. The molecule has 3 rings (SSSR count). The Bertz CT molecular complexity index is 1050. The molecule has 3 aromatic rings. The molecule has 7 heteroatoms. The smallest absolute Gasteiger partial charge is 0.411 e. The average Bonchev–Trinajstić information content (AvgIpc) is 2.68. The van der Waals surface area contributed by atoms with E-state index < -0.39 is 6.09 Å². The van der Waals surface area contributed by atoms with Crippen LogP contribution in [-0.4, -0.2) is 27.5 Å². The van der Waals surface area contributed by atoms with Crippen molar-refractivity contribution in [3.8, 4) is 5.69 Å². The van der Waals surface area contributed by atoms with Gasteiger partial charge in [0.05, 0.1) is 5.69 Å². The topological polar surface area (TPSA) is 75.4 Å². The third kappa shape index (κ3) is 4.67. The molecule has 2 aromatic carbocycles. The Morgan fingerprint density at radius 3 is 2.68 bits per heavy atom. The van der Waals surface area contributed by atoms with Gasteiger partial charge < -0.3 is 5.11 Å². The van der Waals surface area contributed by atoms with Gasteiger partial charge in [-0.2, -0.15) is 5.10 Å². The Hall–Kier alpha value is -2.93. The average molecular weight is 442 g/mol. The van der Waals surface area contributed by atoms with Crippen LogP contribution in [0.2, 0.25) is 0 Å². The molecule has 1 aromatic heterocycles. The Balaban J connectivity index is 1.92. The maximum Gasteiger partial charge on any atom is 0.411 e. The van der Waals surface area contributed by atoms with Gasteiger partial charge >= 0.3 is 6.09 Å². The molecule has 0 saturated heterocycles. The fraction of sp³-hybridized carbons (Fsp3) is 0.190. The number of aromatic nitrogens is 2. The van der Waals surface area contributed by atoms with E-state index in [2.05, 4.69) is 21.0 Å². The lowest BCUT2D eigenvalue weighted by atomic mass is 10.1. The van der Waals surface area contributed by atoms with Crippen LogP contribution < -0.4 is 10.3 Å². The number of hydrogen-bond donors (Lipinski definition) is 1. The summed E-state index contributed by atoms with van der Waals surface area (Å²) in [5.74, 6) is 0. The fourth-order valence-electron chi connectivity index (χ4n) is 2.92. The molecule has 0 atom stereocenters. The van der Waals surface area contributed by atoms with Crippen molar-refractivity contribution < 1.29 is 9.90 Å². The van der Waals surface area contributed by atoms with Crippen LogP contribution in [0.25, 0.3) is 5.69 Å². The van der Waals surface area contributed by atoms with Gasteiger partial charge in [-0.3, -0.25) is 9.69 Å². The standard InChI is InChI=1S/C21H20BrN3O3/c1-2-10-24(21(27)28)17-7-3-5-15(12-17)13-19-20(26)9-11-25(23-19)18-8-4-6-16(22)14-18/h3-9,11-12,14H,2,10,13H2,1H3,(H,27,28). The number of nitrogens with zero attached hydrogens (tertiary/aromatic N) is 3. The van der Waals surface area contributed by atoms with Crippen molar-refractivity contribution in [2.45, 2.75) is 19.8 Å². The minimum atomic E-state index is -0.992. The Morgan fingerprint density at radius 2 is 1.96 bits per heavy atom. The van der Waals surface area contributed by atoms with Crippen molar-refractivity contribution in [1.29, 1.82) is 0 Å². The van der Waals surface area contributed by atoms with Gasteiger partial charge in [0.15, 0.2) is 0 Å². The molecule has 0 fully saturated rings. The van der Waals surface area contributed by atoms with Crippen LogP contribution in [-0.2, 0) is 6.42 Å². The quantitative estimate of drug-likeness (QED) is 0.611. The number of carbonyl (C=O) groups is 1. The summed E-state index contributed by atoms with van der Waals surface area (Å²) in [4.78, 5) is 25.1. The molecule has 1 amide bonds. The summed E-state index contributed by atoms with van der Waals surface area (Å²) in [6, 6.07) is 16.3. The lowest BCUT2D eigenvalue weighted by molar-refractivity contribution is 0.202. The van der Waals surface area contributed by atoms with Gasteiger partial charge in [-0.25, -0.2) is 9.48 Å². The normalized spacial score (nSPS) is 10.6. The fourth-order valence-corrected chi connectivity index (χ4v) is 3.31. The van der Waals surface area contributed by atoms with E-state index in [0.717, 1.165) is 15.7 Å². The summed E-state index contributed by atoms with van der Waals surface area (Å²) in [6.07, 6.45) is 1.68. The van der Waals surface area contributed by atoms with E-state index in [4.69, 9.17) is 0 Å². The Kier molecular flexibility index (Phi) is 6.26. The van der Waals surface area contributed by atoms with Gasteiger partial charge in [-0.05, 0) is 42.3 Å². The second kappa shape index (κ2) is 8.84. The van der Waals surface area contributed by atoms with E-state index in [1.807, 2.05) is 37.3 Å². The van der Waals surface area contributed by atoms with Gasteiger partial charge in [-0.15, -0.1) is 0 Å². The minimum Gasteiger partial charge on any atom is -0.465 e. The third-order valence-corrected chi connectivity index (χ3v) is 4.72. The Morgan fingerprint density at radius 1 is 1.18 bits per heavy atom. The van der Waals surface area contributed by atoms with Crippen molar-refractivity contribution in [3.63, 3.8) is 0 Å². The number of carboxylic acid groups (broad SMARTS) is 1. The molecule has 0 unspecified atom stereocenters. The molecule has 28 heavy (non-hydrogen) atoms. The highest BCUT2D eigenvalue weighted by molar-refractivity contribution is 9.10. The highest BCUT2D eigenvalue weighted by Gasteiger charge is 2.14. The maximum absolute atomic E-state index is 12.3. The Labute approximate surface area is 171 Å². The van der Waals surface area contributed by atoms with Crippen molar-refractivity contribution >= 4 is 27.7 Å². The number of anilines is 1. The zero-order valence-corrected chi connectivity index (χ0v) is 17.0. The summed E-state index contributed by atoms with van der Waals surface area (Å²) in [7, 11) is 0. The maximum atomic E-state index is 12.3. The first-order valence-corrected chi connectivity index (χ1v) is 9.71. The predicted molar refractivity (Wildman–Crippen MR) is 112 cm³/mol. The monoisotopic (exact) mass is 441 g/mol. The van der Waals surface area contributed by atoms with E-state index in [1.54, 1.807) is 29.1 Å². The molecule has 0 saturated carbocycles. The van der Waals surface area contributed by atoms with Gasteiger partial charge in [0.1, 0.15) is 5.69 Å². The van der Waals surface area contributed by atoms with Gasteiger partial charge in [0, 0.05) is 35.4 Å². The number of benzene rings is 2. The molecule has 1 heterocycles. The molecule has 6 nitrogen and oxygen atoms in total. The van der Waals surface area contributed by atoms with Crippen LogP contribution in [0.4, 0.5) is 10.5 Å². The van der Waals surface area contributed by atoms with Crippen LogP contribution in [0.5, 0.6) is 0 Å². The van der Waals surface area contributed by atoms with Crippen LogP contribution in [0.1, 0.15) is 24.6 Å². The van der Waals surface area contributed by atoms with Gasteiger partial charge in [0.25, 0.3) is 0 Å². The third-order valence-electron chi connectivity index (χ3n) is 4.22. The lowest BCUT2D eigenvalue weighted by Crippen LogP contribution is -2.29. The van der Waals surface area contributed by atoms with E-state index in [0.29, 0.717) is 30.8 Å². The molecular weight excluding hydrogens is 422 g/mol. The molecule has 0 bridgehead atoms. The molecule has 1 N–H and O–H groups in total. The number of rotatable bonds is 6. The first kappa shape index (κ1) is 19.8. The van der Waals surface area contributed by atoms with Crippen molar-refractivity contribution in [1.82, 2.24) is 9.78 Å². The predicted octanol–water partition coefficient (Wildman–Crippen LogP) is 4.48.